The van der Waals surface area contributed by atoms with Crippen LogP contribution in [0.5, 0.6) is 11.5 Å². The molecule has 0 bridgehead atoms. The maximum absolute atomic E-state index is 13.1. The lowest BCUT2D eigenvalue weighted by molar-refractivity contribution is -0.0650. The number of ether oxygens (including phenoxy) is 2. The van der Waals surface area contributed by atoms with Crippen molar-refractivity contribution in [1.82, 2.24) is 24.8 Å². The van der Waals surface area contributed by atoms with Crippen molar-refractivity contribution < 1.29 is 14.3 Å². The van der Waals surface area contributed by atoms with Gasteiger partial charge in [-0.05, 0) is 30.2 Å². The van der Waals surface area contributed by atoms with Crippen molar-refractivity contribution in [1.29, 1.82) is 0 Å². The van der Waals surface area contributed by atoms with Gasteiger partial charge in [-0.25, -0.2) is 4.79 Å². The lowest BCUT2D eigenvalue weighted by atomic mass is 10.0. The summed E-state index contributed by atoms with van der Waals surface area (Å²) in [7, 11) is 0. The number of carbonyl (C=O) groups excluding carboxylic acids is 1. The third-order valence-electron chi connectivity index (χ3n) is 5.49. The first-order chi connectivity index (χ1) is 14.0. The summed E-state index contributed by atoms with van der Waals surface area (Å²) in [5.74, 6) is 1.52. The van der Waals surface area contributed by atoms with E-state index in [-0.39, 0.29) is 18.0 Å². The number of urea groups is 1. The molecule has 1 spiro atoms. The summed E-state index contributed by atoms with van der Waals surface area (Å²) >= 11 is 0. The Kier molecular flexibility index (Phi) is 4.08. The minimum Gasteiger partial charge on any atom is -0.447 e. The smallest absolute Gasteiger partial charge is 0.318 e. The fraction of sp³-hybridized carbons (Fsp3) is 0.381. The van der Waals surface area contributed by atoms with Crippen LogP contribution in [0, 0.1) is 5.92 Å². The second-order valence-corrected chi connectivity index (χ2v) is 7.89. The molecule has 1 unspecified atom stereocenters. The molecule has 150 valence electrons. The Labute approximate surface area is 168 Å². The molecule has 0 radical (unpaired) electrons. The Hall–Kier alpha value is -3.29. The molecular weight excluding hydrogens is 370 g/mol. The van der Waals surface area contributed by atoms with Crippen LogP contribution in [0.15, 0.2) is 48.7 Å². The van der Waals surface area contributed by atoms with E-state index in [0.717, 1.165) is 23.0 Å². The standard InChI is InChI=1S/C21H23N5O3/c1-14(2)18(19-24-23-17-9-5-6-11-26(17)19)22-20(27)25-12-10-21(13-25)28-15-7-3-4-8-16(15)29-21/h3-9,11,14,18H,10,12-13H2,1-2H3,(H,22,27). The van der Waals surface area contributed by atoms with Crippen LogP contribution in [0.25, 0.3) is 5.65 Å². The number of hydrogen-bond donors (Lipinski definition) is 1. The van der Waals surface area contributed by atoms with E-state index in [1.165, 1.54) is 0 Å². The van der Waals surface area contributed by atoms with Gasteiger partial charge in [-0.1, -0.05) is 32.0 Å². The monoisotopic (exact) mass is 393 g/mol. The highest BCUT2D eigenvalue weighted by molar-refractivity contribution is 5.75. The maximum Gasteiger partial charge on any atom is 0.318 e. The zero-order valence-corrected chi connectivity index (χ0v) is 16.4. The molecule has 2 aromatic heterocycles. The number of pyridine rings is 1. The van der Waals surface area contributed by atoms with Crippen LogP contribution >= 0.6 is 0 Å². The fourth-order valence-electron chi connectivity index (χ4n) is 3.96. The molecule has 2 aliphatic heterocycles. The summed E-state index contributed by atoms with van der Waals surface area (Å²) in [6, 6.07) is 12.9. The second kappa shape index (κ2) is 6.65. The summed E-state index contributed by atoms with van der Waals surface area (Å²) in [4.78, 5) is 14.8. The highest BCUT2D eigenvalue weighted by Gasteiger charge is 2.49. The number of aromatic nitrogens is 3. The maximum atomic E-state index is 13.1. The van der Waals surface area contributed by atoms with Crippen molar-refractivity contribution in [3.05, 3.63) is 54.5 Å². The van der Waals surface area contributed by atoms with Gasteiger partial charge in [-0.2, -0.15) is 0 Å². The van der Waals surface area contributed by atoms with E-state index in [0.29, 0.717) is 19.5 Å². The van der Waals surface area contributed by atoms with Gasteiger partial charge in [0.25, 0.3) is 5.79 Å². The molecule has 0 saturated carbocycles. The first-order valence-electron chi connectivity index (χ1n) is 9.87. The Bertz CT molecular complexity index is 1040. The van der Waals surface area contributed by atoms with Crippen molar-refractivity contribution in [2.24, 2.45) is 5.92 Å². The van der Waals surface area contributed by atoms with Crippen molar-refractivity contribution in [3.63, 3.8) is 0 Å². The van der Waals surface area contributed by atoms with Gasteiger partial charge in [0.2, 0.25) is 0 Å². The molecule has 5 rings (SSSR count). The predicted molar refractivity (Wildman–Crippen MR) is 106 cm³/mol. The zero-order chi connectivity index (χ0) is 20.0. The van der Waals surface area contributed by atoms with Crippen LogP contribution in [-0.4, -0.2) is 44.4 Å². The molecular formula is C21H23N5O3. The first kappa shape index (κ1) is 17.8. The van der Waals surface area contributed by atoms with Crippen molar-refractivity contribution in [3.8, 4) is 11.5 Å². The van der Waals surface area contributed by atoms with Gasteiger partial charge in [0.1, 0.15) is 0 Å². The van der Waals surface area contributed by atoms with E-state index in [1.54, 1.807) is 4.90 Å². The topological polar surface area (TPSA) is 81.0 Å². The highest BCUT2D eigenvalue weighted by atomic mass is 16.7. The van der Waals surface area contributed by atoms with Crippen molar-refractivity contribution >= 4 is 11.7 Å². The molecule has 1 fully saturated rings. The molecule has 3 aromatic rings. The quantitative estimate of drug-likeness (QED) is 0.740. The molecule has 2 amide bonds. The number of fused-ring (bicyclic) bond motifs is 2. The predicted octanol–water partition coefficient (Wildman–Crippen LogP) is 3.01. The average molecular weight is 393 g/mol. The zero-order valence-electron chi connectivity index (χ0n) is 16.4. The number of likely N-dealkylation sites (tertiary alicyclic amines) is 1. The van der Waals surface area contributed by atoms with Gasteiger partial charge in [-0.3, -0.25) is 4.40 Å². The number of hydrogen-bond acceptors (Lipinski definition) is 5. The van der Waals surface area contributed by atoms with Gasteiger partial charge in [-0.15, -0.1) is 10.2 Å². The van der Waals surface area contributed by atoms with Gasteiger partial charge in [0.15, 0.2) is 23.0 Å². The number of carbonyl (C=O) groups is 1. The molecule has 1 N–H and O–H groups in total. The van der Waals surface area contributed by atoms with E-state index < -0.39 is 5.79 Å². The van der Waals surface area contributed by atoms with Gasteiger partial charge < -0.3 is 19.7 Å². The highest BCUT2D eigenvalue weighted by Crippen LogP contribution is 2.42. The number of nitrogens with one attached hydrogen (secondary N) is 1. The SMILES string of the molecule is CC(C)C(NC(=O)N1CCC2(C1)Oc1ccccc1O2)c1nnc2ccccn12. The first-order valence-corrected chi connectivity index (χ1v) is 9.87. The van der Waals surface area contributed by atoms with E-state index >= 15 is 0 Å². The third-order valence-corrected chi connectivity index (χ3v) is 5.49. The minimum absolute atomic E-state index is 0.145. The van der Waals surface area contributed by atoms with Crippen LogP contribution in [0.4, 0.5) is 4.79 Å². The molecule has 1 aromatic carbocycles. The summed E-state index contributed by atoms with van der Waals surface area (Å²) in [5.41, 5.74) is 0.757. The van der Waals surface area contributed by atoms with E-state index in [2.05, 4.69) is 29.4 Å². The van der Waals surface area contributed by atoms with E-state index in [4.69, 9.17) is 9.47 Å². The minimum atomic E-state index is -0.796. The lowest BCUT2D eigenvalue weighted by Gasteiger charge is -2.26. The van der Waals surface area contributed by atoms with E-state index in [1.807, 2.05) is 53.1 Å². The molecule has 8 nitrogen and oxygen atoms in total. The van der Waals surface area contributed by atoms with Gasteiger partial charge in [0.05, 0.1) is 12.6 Å². The normalized spacial score (nSPS) is 18.0. The largest absolute Gasteiger partial charge is 0.447 e. The number of nitrogens with zero attached hydrogens (tertiary/aromatic N) is 4. The summed E-state index contributed by atoms with van der Waals surface area (Å²) in [6.07, 6.45) is 2.53. The van der Waals surface area contributed by atoms with Crippen LogP contribution in [0.1, 0.15) is 32.1 Å². The summed E-state index contributed by atoms with van der Waals surface area (Å²) in [5, 5.41) is 11.7. The molecule has 29 heavy (non-hydrogen) atoms. The Morgan fingerprint density at radius 3 is 2.55 bits per heavy atom. The molecule has 1 saturated heterocycles. The van der Waals surface area contributed by atoms with Gasteiger partial charge in [0, 0.05) is 19.2 Å². The van der Waals surface area contributed by atoms with Crippen LogP contribution in [0.3, 0.4) is 0 Å². The summed E-state index contributed by atoms with van der Waals surface area (Å²) in [6.45, 7) is 5.05. The number of amides is 2. The van der Waals surface area contributed by atoms with Crippen LogP contribution < -0.4 is 14.8 Å². The molecule has 1 atom stereocenters. The van der Waals surface area contributed by atoms with E-state index in [9.17, 15) is 4.79 Å². The number of rotatable bonds is 3. The lowest BCUT2D eigenvalue weighted by Crippen LogP contribution is -2.47. The average Bonchev–Trinajstić information content (AvgIpc) is 3.42. The molecule has 4 heterocycles. The molecule has 8 heteroatoms. The van der Waals surface area contributed by atoms with Crippen LogP contribution in [-0.2, 0) is 0 Å². The van der Waals surface area contributed by atoms with Crippen molar-refractivity contribution in [2.75, 3.05) is 13.1 Å². The molecule has 0 aliphatic carbocycles. The number of para-hydroxylation sites is 2. The Morgan fingerprint density at radius 1 is 1.10 bits per heavy atom. The molecule has 2 aliphatic rings. The van der Waals surface area contributed by atoms with Crippen LogP contribution in [0.2, 0.25) is 0 Å². The van der Waals surface area contributed by atoms with Gasteiger partial charge >= 0.3 is 6.03 Å². The van der Waals surface area contributed by atoms with Crippen molar-refractivity contribution in [2.45, 2.75) is 32.1 Å². The third kappa shape index (κ3) is 3.04. The summed E-state index contributed by atoms with van der Waals surface area (Å²) < 4.78 is 14.0. The Balaban J connectivity index is 1.32. The number of benzene rings is 1. The second-order valence-electron chi connectivity index (χ2n) is 7.89. The Morgan fingerprint density at radius 2 is 1.83 bits per heavy atom. The fourth-order valence-corrected chi connectivity index (χ4v) is 3.96.